The highest BCUT2D eigenvalue weighted by Crippen LogP contribution is 2.22. The monoisotopic (exact) mass is 282 g/mol. The van der Waals surface area contributed by atoms with Gasteiger partial charge in [0.2, 0.25) is 0 Å². The van der Waals surface area contributed by atoms with Crippen LogP contribution in [0, 0.1) is 0 Å². The molecule has 0 bridgehead atoms. The Hall–Kier alpha value is 0.234. The molecule has 17 heavy (non-hydrogen) atoms. The van der Waals surface area contributed by atoms with Crippen molar-refractivity contribution in [1.82, 2.24) is 0 Å². The normalized spacial score (nSPS) is 20.8. The second kappa shape index (κ2) is 5.08. The quantitative estimate of drug-likeness (QED) is 0.769. The molecule has 0 aromatic carbocycles. The van der Waals surface area contributed by atoms with Crippen molar-refractivity contribution < 1.29 is 22.6 Å². The van der Waals surface area contributed by atoms with Crippen molar-refractivity contribution in [3.8, 4) is 0 Å². The molecule has 2 N–H and O–H groups in total. The van der Waals surface area contributed by atoms with Gasteiger partial charge in [-0.05, 0) is 41.5 Å². The molecule has 2 unspecified atom stereocenters. The zero-order chi connectivity index (χ0) is 14.1. The molecule has 0 rings (SSSR count). The second-order valence-electron chi connectivity index (χ2n) is 6.33. The summed E-state index contributed by atoms with van der Waals surface area (Å²) in [5, 5.41) is 0. The van der Waals surface area contributed by atoms with Crippen LogP contribution in [0.25, 0.3) is 0 Å². The molecule has 0 amide bonds. The van der Waals surface area contributed by atoms with Crippen LogP contribution < -0.4 is 0 Å². The SMILES string of the molecule is CC(C)(C)O[Si](C)(O)O[Si](C)(O)OC(C)(C)C. The summed E-state index contributed by atoms with van der Waals surface area (Å²) in [6, 6.07) is 0. The molecule has 0 radical (unpaired) electrons. The zero-order valence-corrected chi connectivity index (χ0v) is 14.1. The van der Waals surface area contributed by atoms with Crippen LogP contribution in [0.5, 0.6) is 0 Å². The van der Waals surface area contributed by atoms with E-state index in [0.29, 0.717) is 0 Å². The van der Waals surface area contributed by atoms with E-state index in [4.69, 9.17) is 13.0 Å². The van der Waals surface area contributed by atoms with Gasteiger partial charge in [-0.2, -0.15) is 0 Å². The van der Waals surface area contributed by atoms with Crippen LogP contribution in [-0.4, -0.2) is 38.4 Å². The van der Waals surface area contributed by atoms with E-state index >= 15 is 0 Å². The van der Waals surface area contributed by atoms with E-state index < -0.39 is 28.8 Å². The Morgan fingerprint density at radius 3 is 1.12 bits per heavy atom. The number of hydrogen-bond donors (Lipinski definition) is 2. The number of hydrogen-bond acceptors (Lipinski definition) is 5. The topological polar surface area (TPSA) is 68.2 Å². The van der Waals surface area contributed by atoms with E-state index in [1.165, 1.54) is 13.1 Å². The molecule has 0 aliphatic carbocycles. The standard InChI is InChI=1S/C10H26O5Si2/c1-9(2,3)13-16(7,11)15-17(8,12)14-10(4,5)6/h11-12H,1-8H3. The Bertz CT molecular complexity index is 226. The van der Waals surface area contributed by atoms with Crippen LogP contribution in [-0.2, 0) is 13.0 Å². The smallest absolute Gasteiger partial charge is 0.390 e. The maximum atomic E-state index is 10.1. The van der Waals surface area contributed by atoms with E-state index in [1.54, 1.807) is 0 Å². The van der Waals surface area contributed by atoms with E-state index in [-0.39, 0.29) is 0 Å². The predicted molar refractivity (Wildman–Crippen MR) is 70.4 cm³/mol. The van der Waals surface area contributed by atoms with Crippen LogP contribution in [0.2, 0.25) is 13.1 Å². The van der Waals surface area contributed by atoms with E-state index in [9.17, 15) is 9.59 Å². The Labute approximate surface area is 106 Å². The minimum atomic E-state index is -3.39. The molecule has 0 aromatic heterocycles. The third kappa shape index (κ3) is 9.89. The highest BCUT2D eigenvalue weighted by Gasteiger charge is 2.46. The van der Waals surface area contributed by atoms with Crippen LogP contribution in [0.4, 0.5) is 0 Å². The molecule has 104 valence electrons. The fraction of sp³-hybridized carbons (Fsp3) is 1.00. The molecule has 2 atom stereocenters. The van der Waals surface area contributed by atoms with Crippen molar-refractivity contribution in [2.75, 3.05) is 0 Å². The molecule has 0 aromatic rings. The van der Waals surface area contributed by atoms with Gasteiger partial charge < -0.3 is 22.6 Å². The van der Waals surface area contributed by atoms with Crippen LogP contribution in [0.1, 0.15) is 41.5 Å². The van der Waals surface area contributed by atoms with E-state index in [0.717, 1.165) is 0 Å². The minimum Gasteiger partial charge on any atom is -0.390 e. The summed E-state index contributed by atoms with van der Waals surface area (Å²) in [4.78, 5) is 20.1. The first kappa shape index (κ1) is 17.2. The number of rotatable bonds is 4. The lowest BCUT2D eigenvalue weighted by atomic mass is 10.2. The predicted octanol–water partition coefficient (Wildman–Crippen LogP) is 1.76. The summed E-state index contributed by atoms with van der Waals surface area (Å²) < 4.78 is 16.2. The summed E-state index contributed by atoms with van der Waals surface area (Å²) in [6.45, 7) is 13.9. The summed E-state index contributed by atoms with van der Waals surface area (Å²) in [7, 11) is -6.77. The summed E-state index contributed by atoms with van der Waals surface area (Å²) in [5.74, 6) is 0. The fourth-order valence-electron chi connectivity index (χ4n) is 1.53. The summed E-state index contributed by atoms with van der Waals surface area (Å²) in [6.07, 6.45) is 0. The molecule has 0 heterocycles. The van der Waals surface area contributed by atoms with Crippen LogP contribution in [0.3, 0.4) is 0 Å². The zero-order valence-electron chi connectivity index (χ0n) is 12.1. The maximum Gasteiger partial charge on any atom is 0.488 e. The van der Waals surface area contributed by atoms with Gasteiger partial charge in [0, 0.05) is 13.1 Å². The van der Waals surface area contributed by atoms with Crippen molar-refractivity contribution in [1.29, 1.82) is 0 Å². The molecule has 0 saturated carbocycles. The first-order valence-corrected chi connectivity index (χ1v) is 10.2. The average molecular weight is 282 g/mol. The lowest BCUT2D eigenvalue weighted by Crippen LogP contribution is -2.57. The van der Waals surface area contributed by atoms with Crippen molar-refractivity contribution in [2.24, 2.45) is 0 Å². The average Bonchev–Trinajstić information content (AvgIpc) is 1.65. The van der Waals surface area contributed by atoms with E-state index in [1.807, 2.05) is 41.5 Å². The highest BCUT2D eigenvalue weighted by molar-refractivity contribution is 6.72. The van der Waals surface area contributed by atoms with Crippen molar-refractivity contribution in [3.63, 3.8) is 0 Å². The Morgan fingerprint density at radius 1 is 0.706 bits per heavy atom. The van der Waals surface area contributed by atoms with Gasteiger partial charge in [-0.25, -0.2) is 0 Å². The van der Waals surface area contributed by atoms with Crippen molar-refractivity contribution in [2.45, 2.75) is 65.8 Å². The van der Waals surface area contributed by atoms with Gasteiger partial charge in [0.25, 0.3) is 0 Å². The first-order chi connectivity index (χ1) is 7.12. The molecule has 7 heteroatoms. The molecule has 0 aliphatic rings. The summed E-state index contributed by atoms with van der Waals surface area (Å²) >= 11 is 0. The molecule has 5 nitrogen and oxygen atoms in total. The largest absolute Gasteiger partial charge is 0.488 e. The highest BCUT2D eigenvalue weighted by atomic mass is 28.5. The van der Waals surface area contributed by atoms with Crippen molar-refractivity contribution >= 4 is 17.6 Å². The molecule has 0 saturated heterocycles. The van der Waals surface area contributed by atoms with Gasteiger partial charge in [0.1, 0.15) is 0 Å². The lowest BCUT2D eigenvalue weighted by molar-refractivity contribution is 0.00443. The summed E-state index contributed by atoms with van der Waals surface area (Å²) in [5.41, 5.74) is -1.05. The van der Waals surface area contributed by atoms with Crippen molar-refractivity contribution in [3.05, 3.63) is 0 Å². The maximum absolute atomic E-state index is 10.1. The van der Waals surface area contributed by atoms with E-state index in [2.05, 4.69) is 0 Å². The minimum absolute atomic E-state index is 0.526. The molecular weight excluding hydrogens is 256 g/mol. The Balaban J connectivity index is 4.59. The lowest BCUT2D eigenvalue weighted by Gasteiger charge is -2.36. The van der Waals surface area contributed by atoms with Crippen LogP contribution >= 0.6 is 0 Å². The van der Waals surface area contributed by atoms with Gasteiger partial charge in [-0.3, -0.25) is 0 Å². The third-order valence-corrected chi connectivity index (χ3v) is 6.38. The Kier molecular flexibility index (Phi) is 5.15. The first-order valence-electron chi connectivity index (χ1n) is 5.67. The molecule has 0 fully saturated rings. The van der Waals surface area contributed by atoms with Gasteiger partial charge in [-0.15, -0.1) is 0 Å². The molecule has 0 spiro atoms. The van der Waals surface area contributed by atoms with Crippen LogP contribution in [0.15, 0.2) is 0 Å². The fourth-order valence-corrected chi connectivity index (χ4v) is 6.95. The van der Waals surface area contributed by atoms with Gasteiger partial charge in [-0.1, -0.05) is 0 Å². The second-order valence-corrected chi connectivity index (χ2v) is 11.1. The van der Waals surface area contributed by atoms with Gasteiger partial charge in [0.05, 0.1) is 11.2 Å². The van der Waals surface area contributed by atoms with Gasteiger partial charge >= 0.3 is 17.6 Å². The molecular formula is C10H26O5Si2. The van der Waals surface area contributed by atoms with Gasteiger partial charge in [0.15, 0.2) is 0 Å². The molecule has 0 aliphatic heterocycles. The Morgan fingerprint density at radius 2 is 0.941 bits per heavy atom. The third-order valence-electron chi connectivity index (χ3n) is 1.37.